The average Bonchev–Trinajstić information content (AvgIpc) is 2.74. The number of carbonyl (C=O) groups is 1. The first-order valence-electron chi connectivity index (χ1n) is 9.24. The van der Waals surface area contributed by atoms with Gasteiger partial charge in [0.05, 0.1) is 17.3 Å². The number of carbonyl (C=O) groups excluding carboxylic acids is 1. The molecule has 0 spiro atoms. The molecule has 5 atom stereocenters. The van der Waals surface area contributed by atoms with E-state index in [-0.39, 0.29) is 28.6 Å². The summed E-state index contributed by atoms with van der Waals surface area (Å²) in [6.07, 6.45) is 6.36. The summed E-state index contributed by atoms with van der Waals surface area (Å²) in [6.45, 7) is 7.94. The van der Waals surface area contributed by atoms with Crippen molar-refractivity contribution in [3.05, 3.63) is 22.8 Å². The number of fused-ring (bicyclic) bond motifs is 3. The van der Waals surface area contributed by atoms with E-state index in [9.17, 15) is 9.90 Å². The highest BCUT2D eigenvalue weighted by molar-refractivity contribution is 9.09. The monoisotopic (exact) mass is 412 g/mol. The van der Waals surface area contributed by atoms with E-state index < -0.39 is 5.60 Å². The Morgan fingerprint density at radius 2 is 1.92 bits per heavy atom. The van der Waals surface area contributed by atoms with E-state index in [1.165, 1.54) is 5.57 Å². The SMILES string of the molecule is CC1=C2CC[C@@]3(C)O[C@H](CC/C(C)=C/[C@@H]2OC1=O)[C@@](C)(O)CC[C@H]3Br. The summed E-state index contributed by atoms with van der Waals surface area (Å²) in [5.74, 6) is -0.204. The maximum Gasteiger partial charge on any atom is 0.334 e. The number of hydrogen-bond acceptors (Lipinski definition) is 4. The van der Waals surface area contributed by atoms with E-state index in [1.807, 2.05) is 13.8 Å². The molecule has 1 saturated heterocycles. The highest BCUT2D eigenvalue weighted by Crippen LogP contribution is 2.43. The van der Waals surface area contributed by atoms with E-state index in [2.05, 4.69) is 35.9 Å². The lowest BCUT2D eigenvalue weighted by molar-refractivity contribution is -0.153. The summed E-state index contributed by atoms with van der Waals surface area (Å²) in [5.41, 5.74) is 1.78. The Kier molecular flexibility index (Phi) is 5.22. The molecule has 2 bridgehead atoms. The number of hydrogen-bond donors (Lipinski definition) is 1. The van der Waals surface area contributed by atoms with Gasteiger partial charge in [0, 0.05) is 10.4 Å². The number of esters is 1. The van der Waals surface area contributed by atoms with Gasteiger partial charge in [0.1, 0.15) is 6.10 Å². The lowest BCUT2D eigenvalue weighted by Gasteiger charge is -2.38. The van der Waals surface area contributed by atoms with Crippen LogP contribution in [0.2, 0.25) is 0 Å². The normalized spacial score (nSPS) is 45.0. The molecule has 3 aliphatic rings. The van der Waals surface area contributed by atoms with Gasteiger partial charge in [-0.25, -0.2) is 4.79 Å². The zero-order valence-corrected chi connectivity index (χ0v) is 17.2. The van der Waals surface area contributed by atoms with Crippen LogP contribution in [0.3, 0.4) is 0 Å². The van der Waals surface area contributed by atoms with Gasteiger partial charge < -0.3 is 14.6 Å². The molecule has 0 unspecified atom stereocenters. The fraction of sp³-hybridized carbons (Fsp3) is 0.750. The van der Waals surface area contributed by atoms with Crippen molar-refractivity contribution in [1.29, 1.82) is 0 Å². The van der Waals surface area contributed by atoms with Gasteiger partial charge in [-0.05, 0) is 77.9 Å². The van der Waals surface area contributed by atoms with Crippen molar-refractivity contribution in [2.75, 3.05) is 0 Å². The van der Waals surface area contributed by atoms with Gasteiger partial charge in [0.25, 0.3) is 0 Å². The Bertz CT molecular complexity index is 621. The Morgan fingerprint density at radius 3 is 2.64 bits per heavy atom. The molecular weight excluding hydrogens is 384 g/mol. The number of halogens is 1. The van der Waals surface area contributed by atoms with Gasteiger partial charge in [-0.1, -0.05) is 21.5 Å². The second-order valence-corrected chi connectivity index (χ2v) is 9.42. The smallest absolute Gasteiger partial charge is 0.334 e. The minimum absolute atomic E-state index is 0.170. The van der Waals surface area contributed by atoms with Gasteiger partial charge in [0.15, 0.2) is 0 Å². The molecule has 25 heavy (non-hydrogen) atoms. The van der Waals surface area contributed by atoms with Crippen LogP contribution in [0.1, 0.15) is 66.2 Å². The predicted octanol–water partition coefficient (Wildman–Crippen LogP) is 4.20. The van der Waals surface area contributed by atoms with Crippen LogP contribution in [0.15, 0.2) is 22.8 Å². The van der Waals surface area contributed by atoms with Crippen LogP contribution in [0.5, 0.6) is 0 Å². The first-order chi connectivity index (χ1) is 11.6. The molecule has 0 aromatic heterocycles. The highest BCUT2D eigenvalue weighted by Gasteiger charge is 2.46. The van der Waals surface area contributed by atoms with Crippen molar-refractivity contribution in [2.24, 2.45) is 0 Å². The fourth-order valence-electron chi connectivity index (χ4n) is 4.16. The van der Waals surface area contributed by atoms with Crippen molar-refractivity contribution in [1.82, 2.24) is 0 Å². The fourth-order valence-corrected chi connectivity index (χ4v) is 4.73. The number of alkyl halides is 1. The summed E-state index contributed by atoms with van der Waals surface area (Å²) < 4.78 is 12.1. The number of aliphatic hydroxyl groups is 1. The summed E-state index contributed by atoms with van der Waals surface area (Å²) in [7, 11) is 0. The maximum atomic E-state index is 12.0. The predicted molar refractivity (Wildman–Crippen MR) is 101 cm³/mol. The third kappa shape index (κ3) is 3.74. The summed E-state index contributed by atoms with van der Waals surface area (Å²) >= 11 is 3.81. The van der Waals surface area contributed by atoms with E-state index in [0.29, 0.717) is 0 Å². The maximum absolute atomic E-state index is 12.0. The van der Waals surface area contributed by atoms with E-state index in [4.69, 9.17) is 9.47 Å². The molecule has 0 amide bonds. The van der Waals surface area contributed by atoms with E-state index >= 15 is 0 Å². The van der Waals surface area contributed by atoms with Gasteiger partial charge in [0.2, 0.25) is 0 Å². The third-order valence-corrected chi connectivity index (χ3v) is 7.59. The number of allylic oxidation sites excluding steroid dienone is 1. The molecule has 1 fully saturated rings. The zero-order chi connectivity index (χ0) is 18.4. The standard InChI is InChI=1S/C20H29BrO4/c1-12-5-6-17-19(3,23)9-8-16(21)20(4,25-17)10-7-14-13(2)18(22)24-15(14)11-12/h11,15-17,23H,5-10H2,1-4H3/b12-11+/t15-,16+,17+,19-,20+/m0/s1. The van der Waals surface area contributed by atoms with Crippen LogP contribution in [-0.4, -0.2) is 39.3 Å². The van der Waals surface area contributed by atoms with Crippen molar-refractivity contribution < 1.29 is 19.4 Å². The average molecular weight is 413 g/mol. The minimum atomic E-state index is -0.824. The molecule has 3 aliphatic heterocycles. The van der Waals surface area contributed by atoms with Gasteiger partial charge in [-0.15, -0.1) is 0 Å². The second kappa shape index (κ2) is 6.82. The summed E-state index contributed by atoms with van der Waals surface area (Å²) in [6, 6.07) is 0. The van der Waals surface area contributed by atoms with Gasteiger partial charge in [-0.2, -0.15) is 0 Å². The quantitative estimate of drug-likeness (QED) is 0.367. The van der Waals surface area contributed by atoms with Gasteiger partial charge >= 0.3 is 5.97 Å². The topological polar surface area (TPSA) is 55.8 Å². The molecule has 3 heterocycles. The lowest BCUT2D eigenvalue weighted by Crippen LogP contribution is -2.46. The van der Waals surface area contributed by atoms with Crippen LogP contribution in [-0.2, 0) is 14.3 Å². The first kappa shape index (κ1) is 19.1. The van der Waals surface area contributed by atoms with Crippen molar-refractivity contribution in [3.8, 4) is 0 Å². The molecule has 5 heteroatoms. The molecule has 0 saturated carbocycles. The molecule has 0 aromatic rings. The zero-order valence-electron chi connectivity index (χ0n) is 15.6. The van der Waals surface area contributed by atoms with Crippen LogP contribution >= 0.6 is 15.9 Å². The molecule has 0 aliphatic carbocycles. The molecule has 140 valence electrons. The Balaban J connectivity index is 1.97. The van der Waals surface area contributed by atoms with Crippen molar-refractivity contribution >= 4 is 21.9 Å². The number of rotatable bonds is 0. The summed E-state index contributed by atoms with van der Waals surface area (Å²) in [4.78, 5) is 12.2. The number of ether oxygens (including phenoxy) is 2. The summed E-state index contributed by atoms with van der Waals surface area (Å²) in [5, 5.41) is 10.9. The van der Waals surface area contributed by atoms with Crippen LogP contribution in [0.25, 0.3) is 0 Å². The van der Waals surface area contributed by atoms with Crippen molar-refractivity contribution in [3.63, 3.8) is 0 Å². The Labute approximate surface area is 158 Å². The second-order valence-electron chi connectivity index (χ2n) is 8.31. The first-order valence-corrected chi connectivity index (χ1v) is 10.2. The van der Waals surface area contributed by atoms with Crippen LogP contribution < -0.4 is 0 Å². The lowest BCUT2D eigenvalue weighted by atomic mass is 9.87. The Hall–Kier alpha value is -0.650. The molecule has 0 aromatic carbocycles. The molecule has 1 N–H and O–H groups in total. The highest BCUT2D eigenvalue weighted by atomic mass is 79.9. The Morgan fingerprint density at radius 1 is 1.20 bits per heavy atom. The van der Waals surface area contributed by atoms with Crippen molar-refractivity contribution in [2.45, 2.75) is 94.5 Å². The molecular formula is C20H29BrO4. The molecule has 4 nitrogen and oxygen atoms in total. The van der Waals surface area contributed by atoms with E-state index in [1.54, 1.807) is 0 Å². The van der Waals surface area contributed by atoms with Crippen LogP contribution in [0.4, 0.5) is 0 Å². The molecule has 0 radical (unpaired) electrons. The minimum Gasteiger partial charge on any atom is -0.450 e. The van der Waals surface area contributed by atoms with Gasteiger partial charge in [-0.3, -0.25) is 0 Å². The largest absolute Gasteiger partial charge is 0.450 e. The molecule has 3 rings (SSSR count). The van der Waals surface area contributed by atoms with E-state index in [0.717, 1.165) is 49.7 Å². The van der Waals surface area contributed by atoms with Crippen LogP contribution in [0, 0.1) is 0 Å². The third-order valence-electron chi connectivity index (χ3n) is 6.16.